The van der Waals surface area contributed by atoms with E-state index >= 15 is 0 Å². The molecule has 2 amide bonds. The Morgan fingerprint density at radius 2 is 1.95 bits per heavy atom. The van der Waals surface area contributed by atoms with Crippen LogP contribution >= 0.6 is 11.3 Å². The standard InChI is InChI=1S/C32H37BN6O3S/c1-19-35-23-16-21(17-24(23)36-19)27(28(40)30-37-22-10-6-7-11-26(22)43-30)38-29(41)25-12-14-33-15-13-32(34-2,31(42)39(25)33)18-20-8-4-3-5-9-20/h3-11,21,25,27-28,34,40H,12-18H2,1-2H3,(H,35,36)(H,38,41)/t25-,27-,28?,32+/m0/s1. The van der Waals surface area contributed by atoms with Gasteiger partial charge < -0.3 is 25.5 Å². The molecule has 1 aliphatic carbocycles. The van der Waals surface area contributed by atoms with Crippen LogP contribution in [0, 0.1) is 12.8 Å². The summed E-state index contributed by atoms with van der Waals surface area (Å²) in [7, 11) is 1.85. The summed E-state index contributed by atoms with van der Waals surface area (Å²) in [4.78, 5) is 43.0. The summed E-state index contributed by atoms with van der Waals surface area (Å²) >= 11 is 1.45. The molecule has 2 aromatic carbocycles. The Morgan fingerprint density at radius 1 is 1.16 bits per heavy atom. The molecule has 0 radical (unpaired) electrons. The van der Waals surface area contributed by atoms with Crippen molar-refractivity contribution in [2.45, 2.75) is 75.4 Å². The second-order valence-electron chi connectivity index (χ2n) is 12.4. The number of benzene rings is 2. The SMILES string of the molecule is CN[C@@]1(Cc2ccccc2)CCB2CC[C@@H](C(=O)N[C@@H](C3Cc4nc(C)[nH]c4C3)C(O)c3nc4ccccc4s3)N2C1=O. The van der Waals surface area contributed by atoms with Crippen molar-refractivity contribution in [1.82, 2.24) is 30.4 Å². The van der Waals surface area contributed by atoms with Gasteiger partial charge in [0.1, 0.15) is 22.5 Å². The third-order valence-corrected chi connectivity index (χ3v) is 10.9. The number of thiazole rings is 1. The minimum Gasteiger partial charge on any atom is -0.384 e. The highest BCUT2D eigenvalue weighted by molar-refractivity contribution is 7.18. The van der Waals surface area contributed by atoms with Gasteiger partial charge in [-0.1, -0.05) is 55.1 Å². The normalized spacial score (nSPS) is 23.4. The van der Waals surface area contributed by atoms with Gasteiger partial charge in [0.05, 0.1) is 28.0 Å². The average molecular weight is 597 g/mol. The molecule has 4 heterocycles. The zero-order valence-corrected chi connectivity index (χ0v) is 25.4. The van der Waals surface area contributed by atoms with Crippen molar-refractivity contribution < 1.29 is 14.7 Å². The highest BCUT2D eigenvalue weighted by Crippen LogP contribution is 2.39. The van der Waals surface area contributed by atoms with E-state index in [1.54, 1.807) is 0 Å². The number of fused-ring (bicyclic) bond motifs is 3. The van der Waals surface area contributed by atoms with Crippen molar-refractivity contribution in [3.05, 3.63) is 82.4 Å². The number of amides is 2. The lowest BCUT2D eigenvalue weighted by Gasteiger charge is -2.45. The van der Waals surface area contributed by atoms with Crippen LogP contribution < -0.4 is 10.6 Å². The van der Waals surface area contributed by atoms with Crippen LogP contribution in [0.3, 0.4) is 0 Å². The number of carbonyl (C=O) groups excluding carboxylic acids is 2. The first-order chi connectivity index (χ1) is 20.8. The number of para-hydroxylation sites is 1. The van der Waals surface area contributed by atoms with Gasteiger partial charge in [-0.05, 0) is 69.7 Å². The molecule has 4 aromatic rings. The second-order valence-corrected chi connectivity index (χ2v) is 13.5. The van der Waals surface area contributed by atoms with Crippen LogP contribution in [0.1, 0.15) is 46.7 Å². The summed E-state index contributed by atoms with van der Waals surface area (Å²) < 4.78 is 0.995. The fraction of sp³-hybridized carbons (Fsp3) is 0.438. The van der Waals surface area contributed by atoms with Crippen LogP contribution in [-0.4, -0.2) is 68.2 Å². The van der Waals surface area contributed by atoms with Gasteiger partial charge in [0.25, 0.3) is 6.85 Å². The first kappa shape index (κ1) is 28.2. The molecule has 7 rings (SSSR count). The van der Waals surface area contributed by atoms with Crippen LogP contribution in [0.15, 0.2) is 54.6 Å². The summed E-state index contributed by atoms with van der Waals surface area (Å²) in [6.45, 7) is 1.99. The van der Waals surface area contributed by atoms with E-state index in [0.29, 0.717) is 30.7 Å². The maximum absolute atomic E-state index is 14.2. The Hall–Kier alpha value is -3.54. The largest absolute Gasteiger partial charge is 0.384 e. The number of rotatable bonds is 8. The maximum Gasteiger partial charge on any atom is 0.259 e. The number of aromatic nitrogens is 3. The van der Waals surface area contributed by atoms with Crippen molar-refractivity contribution >= 4 is 40.2 Å². The van der Waals surface area contributed by atoms with Gasteiger partial charge in [-0.15, -0.1) is 11.3 Å². The number of nitrogens with one attached hydrogen (secondary N) is 3. The molecule has 2 unspecified atom stereocenters. The third-order valence-electron chi connectivity index (χ3n) is 9.81. The van der Waals surface area contributed by atoms with E-state index < -0.39 is 23.7 Å². The summed E-state index contributed by atoms with van der Waals surface area (Å²) in [6, 6.07) is 16.7. The predicted octanol–water partition coefficient (Wildman–Crippen LogP) is 3.46. The lowest BCUT2D eigenvalue weighted by molar-refractivity contribution is -0.141. The minimum absolute atomic E-state index is 0.00783. The molecule has 2 aromatic heterocycles. The molecule has 2 saturated heterocycles. The van der Waals surface area contributed by atoms with Crippen molar-refractivity contribution in [1.29, 1.82) is 0 Å². The summed E-state index contributed by atoms with van der Waals surface area (Å²) in [5, 5.41) is 19.0. The Labute approximate surface area is 255 Å². The number of carbonyl (C=O) groups is 2. The van der Waals surface area contributed by atoms with E-state index in [9.17, 15) is 14.7 Å². The van der Waals surface area contributed by atoms with Gasteiger partial charge in [-0.3, -0.25) is 9.59 Å². The van der Waals surface area contributed by atoms with E-state index in [4.69, 9.17) is 4.98 Å². The minimum atomic E-state index is -0.986. The molecule has 5 atom stereocenters. The summed E-state index contributed by atoms with van der Waals surface area (Å²) in [5.41, 5.74) is 3.23. The number of H-pyrrole nitrogens is 1. The molecule has 222 valence electrons. The monoisotopic (exact) mass is 596 g/mol. The van der Waals surface area contributed by atoms with Crippen molar-refractivity contribution in [3.63, 3.8) is 0 Å². The molecule has 2 aliphatic heterocycles. The second kappa shape index (κ2) is 11.2. The molecule has 11 heteroatoms. The molecule has 0 spiro atoms. The summed E-state index contributed by atoms with van der Waals surface area (Å²) in [5.74, 6) is 0.614. The fourth-order valence-corrected chi connectivity index (χ4v) is 8.58. The molecule has 43 heavy (non-hydrogen) atoms. The number of hydrogen-bond donors (Lipinski definition) is 4. The zero-order chi connectivity index (χ0) is 29.7. The van der Waals surface area contributed by atoms with Gasteiger partial charge in [0, 0.05) is 5.69 Å². The van der Waals surface area contributed by atoms with E-state index in [1.807, 2.05) is 73.4 Å². The maximum atomic E-state index is 14.2. The van der Waals surface area contributed by atoms with Crippen LogP contribution in [0.25, 0.3) is 10.2 Å². The molecule has 0 saturated carbocycles. The number of likely N-dealkylation sites (N-methyl/N-ethyl adjacent to an activating group) is 1. The predicted molar refractivity (Wildman–Crippen MR) is 168 cm³/mol. The Balaban J connectivity index is 1.15. The molecule has 9 nitrogen and oxygen atoms in total. The number of hydrogen-bond acceptors (Lipinski definition) is 7. The average Bonchev–Trinajstić information content (AvgIpc) is 3.79. The van der Waals surface area contributed by atoms with Crippen molar-refractivity contribution in [2.24, 2.45) is 5.92 Å². The molecule has 4 N–H and O–H groups in total. The third kappa shape index (κ3) is 5.07. The molecular formula is C32H37BN6O3S. The molecule has 0 bridgehead atoms. The van der Waals surface area contributed by atoms with E-state index in [2.05, 4.69) is 20.6 Å². The number of aliphatic hydroxyl groups is 1. The van der Waals surface area contributed by atoms with Crippen molar-refractivity contribution in [2.75, 3.05) is 7.05 Å². The molecular weight excluding hydrogens is 559 g/mol. The van der Waals surface area contributed by atoms with E-state index in [0.717, 1.165) is 52.1 Å². The van der Waals surface area contributed by atoms with Gasteiger partial charge in [-0.2, -0.15) is 0 Å². The fourth-order valence-electron chi connectivity index (χ4n) is 7.57. The van der Waals surface area contributed by atoms with Crippen LogP contribution in [0.5, 0.6) is 0 Å². The van der Waals surface area contributed by atoms with Crippen molar-refractivity contribution in [3.8, 4) is 0 Å². The number of aryl methyl sites for hydroxylation is 1. The number of aliphatic hydroxyl groups excluding tert-OH is 1. The Kier molecular flexibility index (Phi) is 7.35. The topological polar surface area (TPSA) is 123 Å². The Morgan fingerprint density at radius 3 is 2.72 bits per heavy atom. The van der Waals surface area contributed by atoms with Gasteiger partial charge in [-0.25, -0.2) is 9.97 Å². The first-order valence-electron chi connectivity index (χ1n) is 15.3. The van der Waals surface area contributed by atoms with Crippen LogP contribution in [0.2, 0.25) is 12.6 Å². The van der Waals surface area contributed by atoms with Gasteiger partial charge >= 0.3 is 0 Å². The van der Waals surface area contributed by atoms with Gasteiger partial charge in [0.15, 0.2) is 0 Å². The quantitative estimate of drug-likeness (QED) is 0.231. The Bertz CT molecular complexity index is 1600. The lowest BCUT2D eigenvalue weighted by Crippen LogP contribution is -2.67. The number of nitrogens with zero attached hydrogens (tertiary/aromatic N) is 3. The zero-order valence-electron chi connectivity index (χ0n) is 24.5. The van der Waals surface area contributed by atoms with Crippen LogP contribution in [0.4, 0.5) is 0 Å². The van der Waals surface area contributed by atoms with Gasteiger partial charge in [0.2, 0.25) is 11.8 Å². The van der Waals surface area contributed by atoms with E-state index in [1.165, 1.54) is 11.3 Å². The van der Waals surface area contributed by atoms with E-state index in [-0.39, 0.29) is 24.6 Å². The lowest BCUT2D eigenvalue weighted by atomic mass is 9.51. The molecule has 3 aliphatic rings. The van der Waals surface area contributed by atoms with Crippen LogP contribution in [-0.2, 0) is 28.9 Å². The molecule has 2 fully saturated rings. The smallest absolute Gasteiger partial charge is 0.259 e. The number of aromatic amines is 1. The number of imidazole rings is 1. The highest BCUT2D eigenvalue weighted by atomic mass is 32.1. The highest BCUT2D eigenvalue weighted by Gasteiger charge is 2.54. The first-order valence-corrected chi connectivity index (χ1v) is 16.1. The summed E-state index contributed by atoms with van der Waals surface area (Å²) in [6.07, 6.45) is 3.92.